The Kier molecular flexibility index (Phi) is 4.58. The summed E-state index contributed by atoms with van der Waals surface area (Å²) in [6.07, 6.45) is 0. The molecule has 0 radical (unpaired) electrons. The first-order valence-corrected chi connectivity index (χ1v) is 12.1. The van der Waals surface area contributed by atoms with Crippen LogP contribution >= 0.6 is 7.82 Å². The van der Waals surface area contributed by atoms with Gasteiger partial charge in [-0.3, -0.25) is 4.89 Å². The van der Waals surface area contributed by atoms with Crippen molar-refractivity contribution in [2.75, 3.05) is 0 Å². The van der Waals surface area contributed by atoms with Crippen molar-refractivity contribution in [2.24, 2.45) is 0 Å². The number of hydrogen-bond donors (Lipinski definition) is 1. The molecule has 6 aromatic rings. The van der Waals surface area contributed by atoms with Crippen LogP contribution in [0.15, 0.2) is 109 Å². The molecule has 0 aromatic heterocycles. The number of phosphoric ester groups is 1. The summed E-state index contributed by atoms with van der Waals surface area (Å²) in [7, 11) is -4.50. The Bertz CT molecular complexity index is 1600. The van der Waals surface area contributed by atoms with Gasteiger partial charge in [0, 0.05) is 10.8 Å². The fraction of sp³-hybridized carbons (Fsp3) is 0. The third kappa shape index (κ3) is 3.50. The molecule has 0 aliphatic carbocycles. The Morgan fingerprint density at radius 2 is 0.818 bits per heavy atom. The van der Waals surface area contributed by atoms with Crippen LogP contribution in [0.1, 0.15) is 0 Å². The highest BCUT2D eigenvalue weighted by Crippen LogP contribution is 2.49. The number of phosphoric acid groups is 1. The maximum atomic E-state index is 13.2. The van der Waals surface area contributed by atoms with Crippen LogP contribution < -0.4 is 9.05 Å². The van der Waals surface area contributed by atoms with E-state index in [1.807, 2.05) is 97.1 Å². The summed E-state index contributed by atoms with van der Waals surface area (Å²) in [5.41, 5.74) is 0. The molecule has 0 saturated carbocycles. The average molecular weight is 450 g/mol. The third-order valence-corrected chi connectivity index (χ3v) is 6.74. The van der Waals surface area contributed by atoms with Crippen LogP contribution in [0.25, 0.3) is 43.1 Å². The number of benzene rings is 6. The molecule has 0 atom stereocenters. The molecule has 1 N–H and O–H groups in total. The summed E-state index contributed by atoms with van der Waals surface area (Å²) in [5.74, 6) is 0.612. The molecule has 0 spiro atoms. The lowest BCUT2D eigenvalue weighted by atomic mass is 10.0. The molecule has 0 unspecified atom stereocenters. The van der Waals surface area contributed by atoms with Gasteiger partial charge in [-0.2, -0.15) is 0 Å². The fourth-order valence-corrected chi connectivity index (χ4v) is 5.29. The predicted molar refractivity (Wildman–Crippen MR) is 134 cm³/mol. The van der Waals surface area contributed by atoms with E-state index in [4.69, 9.17) is 9.05 Å². The van der Waals surface area contributed by atoms with Crippen molar-refractivity contribution in [3.8, 4) is 11.5 Å². The minimum absolute atomic E-state index is 0.306. The maximum Gasteiger partial charge on any atom is 0.584 e. The van der Waals surface area contributed by atoms with E-state index in [-0.39, 0.29) is 0 Å². The largest absolute Gasteiger partial charge is 0.584 e. The Morgan fingerprint density at radius 1 is 0.485 bits per heavy atom. The van der Waals surface area contributed by atoms with Crippen LogP contribution in [0.5, 0.6) is 11.5 Å². The molecule has 6 rings (SSSR count). The van der Waals surface area contributed by atoms with Crippen molar-refractivity contribution in [3.05, 3.63) is 109 Å². The zero-order valence-corrected chi connectivity index (χ0v) is 18.4. The lowest BCUT2D eigenvalue weighted by Crippen LogP contribution is -2.01. The summed E-state index contributed by atoms with van der Waals surface area (Å²) in [5, 5.41) is 7.33. The van der Waals surface area contributed by atoms with Gasteiger partial charge in [-0.15, -0.1) is 0 Å². The van der Waals surface area contributed by atoms with E-state index in [2.05, 4.69) is 0 Å². The topological polar surface area (TPSA) is 55.8 Å². The normalized spacial score (nSPS) is 11.9. The summed E-state index contributed by atoms with van der Waals surface area (Å²) < 4.78 is 24.6. The maximum absolute atomic E-state index is 13.2. The molecule has 6 aromatic carbocycles. The van der Waals surface area contributed by atoms with E-state index >= 15 is 0 Å². The van der Waals surface area contributed by atoms with Crippen LogP contribution in [0.2, 0.25) is 0 Å². The predicted octanol–water partition coefficient (Wildman–Crippen LogP) is 7.86. The second-order valence-electron chi connectivity index (χ2n) is 7.93. The smallest absolute Gasteiger partial charge is 0.395 e. The Morgan fingerprint density at radius 3 is 1.24 bits per heavy atom. The lowest BCUT2D eigenvalue weighted by Gasteiger charge is -2.18. The molecule has 0 amide bonds. The molecule has 0 heterocycles. The number of hydrogen-bond acceptors (Lipinski definition) is 3. The van der Waals surface area contributed by atoms with E-state index in [0.717, 1.165) is 43.1 Å². The van der Waals surface area contributed by atoms with E-state index < -0.39 is 7.82 Å². The van der Waals surface area contributed by atoms with Crippen LogP contribution in [-0.4, -0.2) is 4.89 Å². The van der Waals surface area contributed by atoms with Crippen LogP contribution in [0.3, 0.4) is 0 Å². The van der Waals surface area contributed by atoms with Crippen LogP contribution in [0.4, 0.5) is 0 Å². The highest BCUT2D eigenvalue weighted by molar-refractivity contribution is 7.48. The van der Waals surface area contributed by atoms with Crippen LogP contribution in [-0.2, 0) is 4.57 Å². The molecule has 0 fully saturated rings. The highest BCUT2D eigenvalue weighted by Gasteiger charge is 2.28. The van der Waals surface area contributed by atoms with Crippen molar-refractivity contribution >= 4 is 50.9 Å². The number of rotatable bonds is 4. The zero-order valence-electron chi connectivity index (χ0n) is 17.5. The zero-order chi connectivity index (χ0) is 22.4. The van der Waals surface area contributed by atoms with Gasteiger partial charge >= 0.3 is 7.82 Å². The average Bonchev–Trinajstić information content (AvgIpc) is 2.84. The first kappa shape index (κ1) is 19.8. The molecule has 160 valence electrons. The Labute approximate surface area is 190 Å². The summed E-state index contributed by atoms with van der Waals surface area (Å²) in [4.78, 5) is 10.8. The molecule has 0 bridgehead atoms. The molecular formula is C28H19O4P. The van der Waals surface area contributed by atoms with Gasteiger partial charge in [0.15, 0.2) is 0 Å². The SMILES string of the molecule is O=P(O)(Oc1cc2ccccc2c2ccccc12)Oc1cc2ccccc2c2ccccc12. The summed E-state index contributed by atoms with van der Waals surface area (Å²) >= 11 is 0. The molecule has 5 heteroatoms. The minimum atomic E-state index is -4.50. The summed E-state index contributed by atoms with van der Waals surface area (Å²) in [6, 6.07) is 34.7. The van der Waals surface area contributed by atoms with Crippen molar-refractivity contribution in [1.29, 1.82) is 0 Å². The van der Waals surface area contributed by atoms with Gasteiger partial charge in [-0.1, -0.05) is 97.1 Å². The van der Waals surface area contributed by atoms with E-state index in [1.165, 1.54) is 0 Å². The van der Waals surface area contributed by atoms with Gasteiger partial charge in [-0.05, 0) is 44.5 Å². The third-order valence-electron chi connectivity index (χ3n) is 5.89. The first-order valence-electron chi connectivity index (χ1n) is 10.6. The second-order valence-corrected chi connectivity index (χ2v) is 9.24. The molecule has 0 saturated heterocycles. The van der Waals surface area contributed by atoms with Gasteiger partial charge in [0.25, 0.3) is 0 Å². The van der Waals surface area contributed by atoms with Crippen molar-refractivity contribution < 1.29 is 18.5 Å². The molecule has 33 heavy (non-hydrogen) atoms. The lowest BCUT2D eigenvalue weighted by molar-refractivity contribution is 0.293. The van der Waals surface area contributed by atoms with Gasteiger partial charge in [-0.25, -0.2) is 4.57 Å². The second kappa shape index (κ2) is 7.63. The fourth-order valence-electron chi connectivity index (χ4n) is 4.46. The minimum Gasteiger partial charge on any atom is -0.395 e. The van der Waals surface area contributed by atoms with Crippen molar-refractivity contribution in [1.82, 2.24) is 0 Å². The van der Waals surface area contributed by atoms with Crippen LogP contribution in [0, 0.1) is 0 Å². The Hall–Kier alpha value is -3.85. The Balaban J connectivity index is 1.46. The van der Waals surface area contributed by atoms with Gasteiger partial charge < -0.3 is 9.05 Å². The van der Waals surface area contributed by atoms with E-state index in [1.54, 1.807) is 12.1 Å². The highest BCUT2D eigenvalue weighted by atomic mass is 31.2. The van der Waals surface area contributed by atoms with E-state index in [9.17, 15) is 9.46 Å². The van der Waals surface area contributed by atoms with Gasteiger partial charge in [0.2, 0.25) is 0 Å². The van der Waals surface area contributed by atoms with E-state index in [0.29, 0.717) is 11.5 Å². The van der Waals surface area contributed by atoms with Crippen molar-refractivity contribution in [2.45, 2.75) is 0 Å². The first-order chi connectivity index (χ1) is 16.1. The molecule has 0 aliphatic rings. The van der Waals surface area contributed by atoms with Gasteiger partial charge in [0.05, 0.1) is 0 Å². The van der Waals surface area contributed by atoms with Gasteiger partial charge in [0.1, 0.15) is 11.5 Å². The molecular weight excluding hydrogens is 431 g/mol. The number of fused-ring (bicyclic) bond motifs is 6. The molecule has 0 aliphatic heterocycles. The van der Waals surface area contributed by atoms with Crippen molar-refractivity contribution in [3.63, 3.8) is 0 Å². The summed E-state index contributed by atoms with van der Waals surface area (Å²) in [6.45, 7) is 0. The quantitative estimate of drug-likeness (QED) is 0.219. The standard InChI is InChI=1S/C28H19O4P/c29-33(30,31-27-17-19-9-1-3-11-21(19)23-13-5-7-15-25(23)27)32-28-18-20-10-2-4-12-22(20)24-14-6-8-16-26(24)28/h1-18H,(H,29,30). The molecule has 4 nitrogen and oxygen atoms in total. The monoisotopic (exact) mass is 450 g/mol.